The third-order valence-electron chi connectivity index (χ3n) is 7.47. The number of rotatable bonds is 2. The van der Waals surface area contributed by atoms with Crippen LogP contribution in [-0.2, 0) is 15.0 Å². The van der Waals surface area contributed by atoms with Crippen LogP contribution in [0.15, 0.2) is 84.1 Å². The number of nitrogens with zero attached hydrogens (tertiary/aromatic N) is 1. The molecule has 0 saturated heterocycles. The topological polar surface area (TPSA) is 49.4 Å². The highest BCUT2D eigenvalue weighted by atomic mass is 16.2. The minimum absolute atomic E-state index is 0.0839. The van der Waals surface area contributed by atoms with Gasteiger partial charge in [0.15, 0.2) is 5.78 Å². The van der Waals surface area contributed by atoms with E-state index in [0.29, 0.717) is 12.0 Å². The third kappa shape index (κ3) is 4.37. The largest absolute Gasteiger partial charge is 0.357 e. The molecule has 0 saturated carbocycles. The van der Waals surface area contributed by atoms with Crippen molar-refractivity contribution in [2.45, 2.75) is 64.8 Å². The second-order valence-electron chi connectivity index (χ2n) is 11.1. The zero-order chi connectivity index (χ0) is 25.6. The second-order valence-corrected chi connectivity index (χ2v) is 11.1. The van der Waals surface area contributed by atoms with E-state index in [1.54, 1.807) is 11.8 Å². The summed E-state index contributed by atoms with van der Waals surface area (Å²) in [7, 11) is 0. The quantitative estimate of drug-likeness (QED) is 0.423. The fourth-order valence-electron chi connectivity index (χ4n) is 5.49. The summed E-state index contributed by atoms with van der Waals surface area (Å²) >= 11 is 0. The summed E-state index contributed by atoms with van der Waals surface area (Å²) in [6.07, 6.45) is 1.15. The molecule has 0 aromatic heterocycles. The van der Waals surface area contributed by atoms with Crippen LogP contribution < -0.4 is 10.2 Å². The van der Waals surface area contributed by atoms with Gasteiger partial charge in [0.2, 0.25) is 5.91 Å². The summed E-state index contributed by atoms with van der Waals surface area (Å²) < 4.78 is 0. The van der Waals surface area contributed by atoms with Gasteiger partial charge in [-0.3, -0.25) is 14.5 Å². The molecule has 2 unspecified atom stereocenters. The van der Waals surface area contributed by atoms with Crippen molar-refractivity contribution in [2.24, 2.45) is 0 Å². The molecule has 2 aliphatic rings. The number of allylic oxidation sites excluding steroid dienone is 1. The molecule has 1 aliphatic heterocycles. The van der Waals surface area contributed by atoms with Gasteiger partial charge in [0, 0.05) is 24.6 Å². The van der Waals surface area contributed by atoms with E-state index in [-0.39, 0.29) is 23.0 Å². The second kappa shape index (κ2) is 9.09. The Balaban J connectivity index is 1.63. The fraction of sp³-hybridized carbons (Fsp3) is 0.312. The summed E-state index contributed by atoms with van der Waals surface area (Å²) in [6.45, 7) is 10.3. The van der Waals surface area contributed by atoms with Crippen molar-refractivity contribution in [1.82, 2.24) is 0 Å². The van der Waals surface area contributed by atoms with Crippen molar-refractivity contribution in [1.29, 1.82) is 0 Å². The zero-order valence-electron chi connectivity index (χ0n) is 21.8. The van der Waals surface area contributed by atoms with E-state index in [1.165, 1.54) is 11.1 Å². The van der Waals surface area contributed by atoms with Crippen LogP contribution in [0.5, 0.6) is 0 Å². The molecule has 0 bridgehead atoms. The third-order valence-corrected chi connectivity index (χ3v) is 7.47. The number of Topliss-reactive ketones (excluding diaryl/α,β-unsaturated/α-hetero) is 1. The summed E-state index contributed by atoms with van der Waals surface area (Å²) in [5, 5.41) is 3.59. The Morgan fingerprint density at radius 1 is 0.889 bits per heavy atom. The highest BCUT2D eigenvalue weighted by Crippen LogP contribution is 2.47. The van der Waals surface area contributed by atoms with Crippen LogP contribution in [0.1, 0.15) is 74.8 Å². The van der Waals surface area contributed by atoms with E-state index in [2.05, 4.69) is 50.4 Å². The average Bonchev–Trinajstić information content (AvgIpc) is 2.99. The van der Waals surface area contributed by atoms with Crippen LogP contribution in [0, 0.1) is 6.92 Å². The Kier molecular flexibility index (Phi) is 6.07. The monoisotopic (exact) mass is 478 g/mol. The van der Waals surface area contributed by atoms with Crippen molar-refractivity contribution in [3.05, 3.63) is 106 Å². The summed E-state index contributed by atoms with van der Waals surface area (Å²) in [5.74, 6) is 0.0991. The Labute approximate surface area is 214 Å². The van der Waals surface area contributed by atoms with E-state index in [9.17, 15) is 9.59 Å². The maximum Gasteiger partial charge on any atom is 0.224 e. The number of carbonyl (C=O) groups excluding carboxylic acids is 2. The fourth-order valence-corrected chi connectivity index (χ4v) is 5.49. The molecule has 0 spiro atoms. The van der Waals surface area contributed by atoms with Crippen LogP contribution in [0.2, 0.25) is 0 Å². The zero-order valence-corrected chi connectivity index (χ0v) is 21.8. The van der Waals surface area contributed by atoms with Crippen molar-refractivity contribution < 1.29 is 9.59 Å². The number of benzene rings is 3. The van der Waals surface area contributed by atoms with E-state index in [1.807, 2.05) is 55.5 Å². The Morgan fingerprint density at radius 3 is 2.17 bits per heavy atom. The van der Waals surface area contributed by atoms with Gasteiger partial charge in [-0.25, -0.2) is 0 Å². The number of hydrogen-bond donors (Lipinski definition) is 1. The van der Waals surface area contributed by atoms with Crippen molar-refractivity contribution in [2.75, 3.05) is 10.2 Å². The number of para-hydroxylation sites is 2. The van der Waals surface area contributed by atoms with Gasteiger partial charge >= 0.3 is 0 Å². The number of nitrogens with one attached hydrogen (secondary N) is 1. The van der Waals surface area contributed by atoms with Crippen molar-refractivity contribution >= 4 is 23.1 Å². The van der Waals surface area contributed by atoms with Gasteiger partial charge in [0.1, 0.15) is 0 Å². The lowest BCUT2D eigenvalue weighted by atomic mass is 9.77. The molecule has 1 amide bonds. The van der Waals surface area contributed by atoms with Crippen molar-refractivity contribution in [3.63, 3.8) is 0 Å². The van der Waals surface area contributed by atoms with Gasteiger partial charge in [0.25, 0.3) is 0 Å². The minimum Gasteiger partial charge on any atom is -0.357 e. The lowest BCUT2D eigenvalue weighted by molar-refractivity contribution is -0.117. The minimum atomic E-state index is -0.467. The van der Waals surface area contributed by atoms with E-state index < -0.39 is 6.04 Å². The van der Waals surface area contributed by atoms with Gasteiger partial charge in [-0.2, -0.15) is 0 Å². The predicted molar refractivity (Wildman–Crippen MR) is 146 cm³/mol. The van der Waals surface area contributed by atoms with Crippen LogP contribution in [0.25, 0.3) is 0 Å². The first-order valence-electron chi connectivity index (χ1n) is 12.7. The van der Waals surface area contributed by atoms with Crippen LogP contribution >= 0.6 is 0 Å². The Hall–Kier alpha value is -3.66. The lowest BCUT2D eigenvalue weighted by Gasteiger charge is -2.34. The number of fused-ring (bicyclic) bond motifs is 1. The van der Waals surface area contributed by atoms with Crippen LogP contribution in [-0.4, -0.2) is 11.7 Å². The van der Waals surface area contributed by atoms with Crippen LogP contribution in [0.4, 0.5) is 11.4 Å². The molecule has 184 valence electrons. The number of aryl methyl sites for hydroxylation is 1. The van der Waals surface area contributed by atoms with Crippen molar-refractivity contribution in [3.8, 4) is 0 Å². The number of carbonyl (C=O) groups is 2. The average molecular weight is 479 g/mol. The SMILES string of the molecule is CC(=O)N1c2ccccc2NC2=C(C(=O)CC(c3ccc(C(C)(C)C)cc3)C2)C1c1ccc(C)cc1. The van der Waals surface area contributed by atoms with E-state index >= 15 is 0 Å². The number of ketones is 1. The maximum absolute atomic E-state index is 13.9. The summed E-state index contributed by atoms with van der Waals surface area (Å²) in [5.41, 5.74) is 7.90. The standard InChI is InChI=1S/C32H34N2O2/c1-20-10-12-23(13-11-20)31-30-27(33-26-8-6-7-9-28(26)34(31)21(2)35)18-24(19-29(30)36)22-14-16-25(17-15-22)32(3,4)5/h6-17,24,31,33H,18-19H2,1-5H3. The number of hydrogen-bond acceptors (Lipinski definition) is 3. The van der Waals surface area contributed by atoms with Gasteiger partial charge < -0.3 is 5.32 Å². The molecule has 3 aromatic carbocycles. The Morgan fingerprint density at radius 2 is 1.53 bits per heavy atom. The molecular formula is C32H34N2O2. The van der Waals surface area contributed by atoms with Gasteiger partial charge in [0.05, 0.1) is 17.4 Å². The molecule has 1 aliphatic carbocycles. The number of anilines is 2. The van der Waals surface area contributed by atoms with E-state index in [0.717, 1.165) is 34.6 Å². The first-order valence-corrected chi connectivity index (χ1v) is 12.7. The molecular weight excluding hydrogens is 444 g/mol. The Bertz CT molecular complexity index is 1340. The molecule has 3 aromatic rings. The molecule has 1 N–H and O–H groups in total. The van der Waals surface area contributed by atoms with Gasteiger partial charge in [-0.05, 0) is 53.5 Å². The van der Waals surface area contributed by atoms with Crippen LogP contribution in [0.3, 0.4) is 0 Å². The molecule has 36 heavy (non-hydrogen) atoms. The number of amides is 1. The molecule has 4 nitrogen and oxygen atoms in total. The normalized spacial score (nSPS) is 19.8. The van der Waals surface area contributed by atoms with Gasteiger partial charge in [-0.1, -0.05) is 87.0 Å². The predicted octanol–water partition coefficient (Wildman–Crippen LogP) is 7.21. The molecule has 0 fully saturated rings. The molecule has 5 rings (SSSR count). The molecule has 4 heteroatoms. The molecule has 0 radical (unpaired) electrons. The lowest BCUT2D eigenvalue weighted by Crippen LogP contribution is -2.37. The first-order chi connectivity index (χ1) is 17.1. The summed E-state index contributed by atoms with van der Waals surface area (Å²) in [4.78, 5) is 28.8. The molecule has 1 heterocycles. The van der Waals surface area contributed by atoms with E-state index in [4.69, 9.17) is 0 Å². The smallest absolute Gasteiger partial charge is 0.224 e. The molecule has 2 atom stereocenters. The maximum atomic E-state index is 13.9. The summed E-state index contributed by atoms with van der Waals surface area (Å²) in [6, 6.07) is 24.3. The highest BCUT2D eigenvalue weighted by molar-refractivity contribution is 6.06. The highest BCUT2D eigenvalue weighted by Gasteiger charge is 2.40. The van der Waals surface area contributed by atoms with Gasteiger partial charge in [-0.15, -0.1) is 0 Å². The first kappa shape index (κ1) is 24.1.